The van der Waals surface area contributed by atoms with Gasteiger partial charge in [0.2, 0.25) is 0 Å². The molecule has 20 heavy (non-hydrogen) atoms. The van der Waals surface area contributed by atoms with Crippen molar-refractivity contribution in [1.82, 2.24) is 9.55 Å². The molecule has 0 saturated carbocycles. The van der Waals surface area contributed by atoms with Gasteiger partial charge in [0.1, 0.15) is 5.82 Å². The fourth-order valence-corrected chi connectivity index (χ4v) is 2.26. The number of ether oxygens (including phenoxy) is 1. The number of esters is 1. The van der Waals surface area contributed by atoms with E-state index in [1.54, 1.807) is 0 Å². The van der Waals surface area contributed by atoms with E-state index >= 15 is 0 Å². The van der Waals surface area contributed by atoms with E-state index in [1.807, 2.05) is 55.7 Å². The van der Waals surface area contributed by atoms with Crippen LogP contribution in [0.2, 0.25) is 0 Å². The molecule has 0 aliphatic heterocycles. The van der Waals surface area contributed by atoms with E-state index in [0.29, 0.717) is 18.8 Å². The molecular formula is C16H20N2O2. The second kappa shape index (κ2) is 6.37. The highest BCUT2D eigenvalue weighted by Gasteiger charge is 2.21. The second-order valence-corrected chi connectivity index (χ2v) is 4.60. The molecule has 0 saturated heterocycles. The summed E-state index contributed by atoms with van der Waals surface area (Å²) < 4.78 is 7.10. The van der Waals surface area contributed by atoms with Gasteiger partial charge in [0.25, 0.3) is 0 Å². The van der Waals surface area contributed by atoms with Crippen LogP contribution in [0.5, 0.6) is 0 Å². The minimum atomic E-state index is -0.291. The van der Waals surface area contributed by atoms with Crippen molar-refractivity contribution in [2.75, 3.05) is 6.61 Å². The molecule has 0 spiro atoms. The molecule has 0 radical (unpaired) electrons. The van der Waals surface area contributed by atoms with Crippen LogP contribution in [0.15, 0.2) is 30.3 Å². The summed E-state index contributed by atoms with van der Waals surface area (Å²) in [5.74, 6) is 0.551. The van der Waals surface area contributed by atoms with Crippen LogP contribution in [-0.4, -0.2) is 22.1 Å². The normalized spacial score (nSPS) is 10.6. The Balaban J connectivity index is 2.41. The van der Waals surface area contributed by atoms with E-state index in [0.717, 1.165) is 23.5 Å². The third kappa shape index (κ3) is 2.90. The molecule has 4 heteroatoms. The van der Waals surface area contributed by atoms with Gasteiger partial charge in [0.05, 0.1) is 12.3 Å². The third-order valence-electron chi connectivity index (χ3n) is 3.22. The van der Waals surface area contributed by atoms with E-state index < -0.39 is 0 Å². The minimum Gasteiger partial charge on any atom is -0.461 e. The lowest BCUT2D eigenvalue weighted by Gasteiger charge is -2.10. The Bertz CT molecular complexity index is 588. The van der Waals surface area contributed by atoms with Gasteiger partial charge < -0.3 is 9.30 Å². The highest BCUT2D eigenvalue weighted by Crippen LogP contribution is 2.16. The van der Waals surface area contributed by atoms with Crippen LogP contribution in [0, 0.1) is 6.92 Å². The lowest BCUT2D eigenvalue weighted by atomic mass is 10.2. The third-order valence-corrected chi connectivity index (χ3v) is 3.22. The smallest absolute Gasteiger partial charge is 0.356 e. The van der Waals surface area contributed by atoms with Gasteiger partial charge in [-0.3, -0.25) is 0 Å². The largest absolute Gasteiger partial charge is 0.461 e. The molecule has 1 aromatic carbocycles. The first-order chi connectivity index (χ1) is 9.67. The van der Waals surface area contributed by atoms with Crippen LogP contribution < -0.4 is 0 Å². The fourth-order valence-electron chi connectivity index (χ4n) is 2.26. The molecule has 0 N–H and O–H groups in total. The summed E-state index contributed by atoms with van der Waals surface area (Å²) in [5, 5.41) is 0. The van der Waals surface area contributed by atoms with Gasteiger partial charge in [-0.25, -0.2) is 9.78 Å². The van der Waals surface area contributed by atoms with Crippen molar-refractivity contribution >= 4 is 5.97 Å². The van der Waals surface area contributed by atoms with Crippen LogP contribution in [0.1, 0.15) is 41.4 Å². The van der Waals surface area contributed by atoms with Gasteiger partial charge in [-0.15, -0.1) is 0 Å². The maximum Gasteiger partial charge on any atom is 0.356 e. The Kier molecular flexibility index (Phi) is 4.56. The fraction of sp³-hybridized carbons (Fsp3) is 0.375. The molecule has 0 aliphatic carbocycles. The average Bonchev–Trinajstić information content (AvgIpc) is 2.77. The van der Waals surface area contributed by atoms with Gasteiger partial charge in [-0.1, -0.05) is 37.3 Å². The number of rotatable bonds is 5. The molecule has 0 aliphatic rings. The van der Waals surface area contributed by atoms with Crippen LogP contribution in [-0.2, 0) is 17.7 Å². The number of carbonyl (C=O) groups excluding carboxylic acids is 1. The maximum atomic E-state index is 12.2. The Hall–Kier alpha value is -2.10. The first kappa shape index (κ1) is 14.3. The second-order valence-electron chi connectivity index (χ2n) is 4.60. The zero-order valence-corrected chi connectivity index (χ0v) is 12.2. The standard InChI is InChI=1S/C16H20N2O2/c1-4-14-15(16(19)20-5-2)18(12(3)17-14)11-13-9-7-6-8-10-13/h6-10H,4-5,11H2,1-3H3. The molecule has 1 aromatic heterocycles. The first-order valence-corrected chi connectivity index (χ1v) is 6.94. The first-order valence-electron chi connectivity index (χ1n) is 6.94. The molecule has 1 heterocycles. The zero-order valence-electron chi connectivity index (χ0n) is 12.2. The van der Waals surface area contributed by atoms with Crippen molar-refractivity contribution in [1.29, 1.82) is 0 Å². The molecule has 106 valence electrons. The molecular weight excluding hydrogens is 252 g/mol. The van der Waals surface area contributed by atoms with Gasteiger partial charge >= 0.3 is 5.97 Å². The number of aromatic nitrogens is 2. The lowest BCUT2D eigenvalue weighted by Crippen LogP contribution is -2.15. The molecule has 4 nitrogen and oxygen atoms in total. The number of benzene rings is 1. The number of imidazole rings is 1. The SMILES string of the molecule is CCOC(=O)c1c(CC)nc(C)n1Cc1ccccc1. The van der Waals surface area contributed by atoms with Crippen molar-refractivity contribution in [3.63, 3.8) is 0 Å². The number of carbonyl (C=O) groups is 1. The van der Waals surface area contributed by atoms with Crippen molar-refractivity contribution < 1.29 is 9.53 Å². The summed E-state index contributed by atoms with van der Waals surface area (Å²) in [6, 6.07) is 10.0. The van der Waals surface area contributed by atoms with Crippen LogP contribution in [0.3, 0.4) is 0 Å². The van der Waals surface area contributed by atoms with Gasteiger partial charge in [-0.05, 0) is 25.8 Å². The Morgan fingerprint density at radius 1 is 1.25 bits per heavy atom. The predicted octanol–water partition coefficient (Wildman–Crippen LogP) is 2.98. The number of nitrogens with zero attached hydrogens (tertiary/aromatic N) is 2. The van der Waals surface area contributed by atoms with Crippen molar-refractivity contribution in [2.45, 2.75) is 33.7 Å². The summed E-state index contributed by atoms with van der Waals surface area (Å²) in [6.07, 6.45) is 0.719. The summed E-state index contributed by atoms with van der Waals surface area (Å²) in [4.78, 5) is 16.7. The average molecular weight is 272 g/mol. The van der Waals surface area contributed by atoms with E-state index in [-0.39, 0.29) is 5.97 Å². The molecule has 0 amide bonds. The minimum absolute atomic E-state index is 0.291. The Labute approximate surface area is 119 Å². The molecule has 2 aromatic rings. The van der Waals surface area contributed by atoms with E-state index in [2.05, 4.69) is 4.98 Å². The summed E-state index contributed by atoms with van der Waals surface area (Å²) in [5.41, 5.74) is 2.52. The monoisotopic (exact) mass is 272 g/mol. The summed E-state index contributed by atoms with van der Waals surface area (Å²) in [6.45, 7) is 6.74. The van der Waals surface area contributed by atoms with Crippen LogP contribution >= 0.6 is 0 Å². The molecule has 0 bridgehead atoms. The summed E-state index contributed by atoms with van der Waals surface area (Å²) >= 11 is 0. The van der Waals surface area contributed by atoms with E-state index in [4.69, 9.17) is 4.74 Å². The van der Waals surface area contributed by atoms with Crippen LogP contribution in [0.4, 0.5) is 0 Å². The van der Waals surface area contributed by atoms with E-state index in [9.17, 15) is 4.79 Å². The van der Waals surface area contributed by atoms with Gasteiger partial charge in [-0.2, -0.15) is 0 Å². The molecule has 0 fully saturated rings. The Morgan fingerprint density at radius 2 is 1.95 bits per heavy atom. The molecule has 2 rings (SSSR count). The number of hydrogen-bond acceptors (Lipinski definition) is 3. The van der Waals surface area contributed by atoms with E-state index in [1.165, 1.54) is 0 Å². The topological polar surface area (TPSA) is 44.1 Å². The maximum absolute atomic E-state index is 12.2. The Morgan fingerprint density at radius 3 is 2.55 bits per heavy atom. The molecule has 0 unspecified atom stereocenters. The van der Waals surface area contributed by atoms with Gasteiger partial charge in [0.15, 0.2) is 5.69 Å². The van der Waals surface area contributed by atoms with Crippen molar-refractivity contribution in [3.05, 3.63) is 53.1 Å². The zero-order chi connectivity index (χ0) is 14.5. The van der Waals surface area contributed by atoms with Crippen LogP contribution in [0.25, 0.3) is 0 Å². The molecule has 0 atom stereocenters. The number of aryl methyl sites for hydroxylation is 2. The quantitative estimate of drug-likeness (QED) is 0.786. The van der Waals surface area contributed by atoms with Gasteiger partial charge in [0, 0.05) is 6.54 Å². The van der Waals surface area contributed by atoms with Crippen molar-refractivity contribution in [3.8, 4) is 0 Å². The highest BCUT2D eigenvalue weighted by atomic mass is 16.5. The predicted molar refractivity (Wildman–Crippen MR) is 77.8 cm³/mol. The highest BCUT2D eigenvalue weighted by molar-refractivity contribution is 5.89. The summed E-state index contributed by atoms with van der Waals surface area (Å²) in [7, 11) is 0. The number of hydrogen-bond donors (Lipinski definition) is 0. The lowest BCUT2D eigenvalue weighted by molar-refractivity contribution is 0.0512. The van der Waals surface area contributed by atoms with Crippen molar-refractivity contribution in [2.24, 2.45) is 0 Å².